The van der Waals surface area contributed by atoms with Crippen molar-refractivity contribution in [2.45, 2.75) is 46.7 Å². The van der Waals surface area contributed by atoms with E-state index in [4.69, 9.17) is 0 Å². The SMILES string of the molecule is CCN(CC)C(CNC(=O)c1ccc2c(c1)nc(C)c(=O)n2CC)Cc1ccccc1. The Hall–Kier alpha value is -2.99. The average molecular weight is 421 g/mol. The van der Waals surface area contributed by atoms with E-state index < -0.39 is 0 Å². The summed E-state index contributed by atoms with van der Waals surface area (Å²) in [5.41, 5.74) is 3.58. The molecule has 1 amide bonds. The van der Waals surface area contributed by atoms with Gasteiger partial charge >= 0.3 is 0 Å². The third kappa shape index (κ3) is 5.20. The van der Waals surface area contributed by atoms with Crippen LogP contribution < -0.4 is 10.9 Å². The molecular formula is C25H32N4O2. The van der Waals surface area contributed by atoms with Gasteiger partial charge in [0.2, 0.25) is 0 Å². The van der Waals surface area contributed by atoms with Crippen molar-refractivity contribution >= 4 is 16.9 Å². The second-order valence-corrected chi connectivity index (χ2v) is 7.72. The molecule has 1 N–H and O–H groups in total. The zero-order valence-corrected chi connectivity index (χ0v) is 18.9. The molecule has 0 radical (unpaired) electrons. The molecule has 0 fully saturated rings. The summed E-state index contributed by atoms with van der Waals surface area (Å²) >= 11 is 0. The minimum Gasteiger partial charge on any atom is -0.350 e. The van der Waals surface area contributed by atoms with Gasteiger partial charge in [0.25, 0.3) is 11.5 Å². The summed E-state index contributed by atoms with van der Waals surface area (Å²) in [6.07, 6.45) is 0.879. The van der Waals surface area contributed by atoms with E-state index in [9.17, 15) is 9.59 Å². The molecule has 1 heterocycles. The van der Waals surface area contributed by atoms with Crippen LogP contribution in [0, 0.1) is 6.92 Å². The smallest absolute Gasteiger partial charge is 0.272 e. The first-order valence-corrected chi connectivity index (χ1v) is 11.1. The molecule has 6 heteroatoms. The number of nitrogens with one attached hydrogen (secondary N) is 1. The number of aryl methyl sites for hydroxylation is 2. The Morgan fingerprint density at radius 1 is 1.10 bits per heavy atom. The summed E-state index contributed by atoms with van der Waals surface area (Å²) < 4.78 is 1.69. The molecule has 1 unspecified atom stereocenters. The maximum Gasteiger partial charge on any atom is 0.272 e. The van der Waals surface area contributed by atoms with Crippen LogP contribution in [0.5, 0.6) is 0 Å². The fourth-order valence-electron chi connectivity index (χ4n) is 4.10. The molecule has 6 nitrogen and oxygen atoms in total. The lowest BCUT2D eigenvalue weighted by atomic mass is 10.0. The fourth-order valence-corrected chi connectivity index (χ4v) is 4.10. The average Bonchev–Trinajstić information content (AvgIpc) is 2.79. The zero-order chi connectivity index (χ0) is 22.4. The molecule has 3 aromatic rings. The van der Waals surface area contributed by atoms with E-state index >= 15 is 0 Å². The highest BCUT2D eigenvalue weighted by Gasteiger charge is 2.18. The number of carbonyl (C=O) groups excluding carboxylic acids is 1. The molecule has 0 aliphatic carbocycles. The summed E-state index contributed by atoms with van der Waals surface area (Å²) in [4.78, 5) is 32.0. The van der Waals surface area contributed by atoms with Crippen molar-refractivity contribution in [1.29, 1.82) is 0 Å². The molecule has 0 bridgehead atoms. The lowest BCUT2D eigenvalue weighted by molar-refractivity contribution is 0.0934. The van der Waals surface area contributed by atoms with Crippen LogP contribution in [0.1, 0.15) is 42.4 Å². The normalized spacial score (nSPS) is 12.3. The summed E-state index contributed by atoms with van der Waals surface area (Å²) in [5, 5.41) is 3.11. The highest BCUT2D eigenvalue weighted by atomic mass is 16.1. The Bertz CT molecular complexity index is 1090. The van der Waals surface area contributed by atoms with Crippen LogP contribution in [0.2, 0.25) is 0 Å². The molecule has 2 aromatic carbocycles. The number of carbonyl (C=O) groups is 1. The van der Waals surface area contributed by atoms with Gasteiger partial charge in [-0.2, -0.15) is 0 Å². The highest BCUT2D eigenvalue weighted by molar-refractivity contribution is 5.97. The number of amides is 1. The van der Waals surface area contributed by atoms with Crippen LogP contribution in [0.4, 0.5) is 0 Å². The number of benzene rings is 2. The molecule has 1 atom stereocenters. The number of hydrogen-bond acceptors (Lipinski definition) is 4. The maximum absolute atomic E-state index is 12.9. The lowest BCUT2D eigenvalue weighted by Crippen LogP contribution is -2.45. The van der Waals surface area contributed by atoms with Crippen molar-refractivity contribution in [3.05, 3.63) is 75.7 Å². The Labute approximate surface area is 183 Å². The first kappa shape index (κ1) is 22.7. The summed E-state index contributed by atoms with van der Waals surface area (Å²) in [6.45, 7) is 10.9. The molecule has 0 spiro atoms. The zero-order valence-electron chi connectivity index (χ0n) is 18.9. The van der Waals surface area contributed by atoms with Gasteiger partial charge in [0.1, 0.15) is 5.69 Å². The summed E-state index contributed by atoms with van der Waals surface area (Å²) in [5.74, 6) is -0.124. The molecule has 0 aliphatic rings. The van der Waals surface area contributed by atoms with Gasteiger partial charge in [-0.25, -0.2) is 4.98 Å². The predicted octanol–water partition coefficient (Wildman–Crippen LogP) is 3.41. The third-order valence-electron chi connectivity index (χ3n) is 5.83. The lowest BCUT2D eigenvalue weighted by Gasteiger charge is -2.30. The number of rotatable bonds is 9. The minimum absolute atomic E-state index is 0.0878. The molecule has 0 saturated carbocycles. The van der Waals surface area contributed by atoms with Gasteiger partial charge in [-0.15, -0.1) is 0 Å². The summed E-state index contributed by atoms with van der Waals surface area (Å²) in [6, 6.07) is 15.9. The van der Waals surface area contributed by atoms with Gasteiger partial charge < -0.3 is 9.88 Å². The van der Waals surface area contributed by atoms with Gasteiger partial charge in [-0.05, 0) is 57.1 Å². The Morgan fingerprint density at radius 3 is 2.45 bits per heavy atom. The Morgan fingerprint density at radius 2 is 1.81 bits per heavy atom. The molecule has 1 aromatic heterocycles. The van der Waals surface area contributed by atoms with E-state index in [1.54, 1.807) is 23.6 Å². The fraction of sp³-hybridized carbons (Fsp3) is 0.400. The first-order valence-electron chi connectivity index (χ1n) is 11.1. The topological polar surface area (TPSA) is 67.2 Å². The van der Waals surface area contributed by atoms with E-state index in [1.165, 1.54) is 5.56 Å². The van der Waals surface area contributed by atoms with Gasteiger partial charge in [0.15, 0.2) is 0 Å². The van der Waals surface area contributed by atoms with E-state index in [0.29, 0.717) is 29.9 Å². The number of hydrogen-bond donors (Lipinski definition) is 1. The maximum atomic E-state index is 12.9. The standard InChI is InChI=1S/C25H32N4O2/c1-5-28(6-2)21(15-19-11-9-8-10-12-19)17-26-24(30)20-13-14-23-22(16-20)27-18(4)25(31)29(23)7-3/h8-14,16,21H,5-7,15,17H2,1-4H3,(H,26,30). The summed E-state index contributed by atoms with van der Waals surface area (Å²) in [7, 11) is 0. The van der Waals surface area contributed by atoms with Crippen molar-refractivity contribution in [3.63, 3.8) is 0 Å². The number of nitrogens with zero attached hydrogens (tertiary/aromatic N) is 3. The molecule has 164 valence electrons. The van der Waals surface area contributed by atoms with Crippen molar-refractivity contribution < 1.29 is 4.79 Å². The number of fused-ring (bicyclic) bond motifs is 1. The molecular weight excluding hydrogens is 388 g/mol. The van der Waals surface area contributed by atoms with Crippen LogP contribution in [0.15, 0.2) is 53.3 Å². The Balaban J connectivity index is 1.79. The molecule has 0 saturated heterocycles. The van der Waals surface area contributed by atoms with Crippen LogP contribution in [0.3, 0.4) is 0 Å². The van der Waals surface area contributed by atoms with Crippen LogP contribution in [0.25, 0.3) is 11.0 Å². The molecule has 3 rings (SSSR count). The second kappa shape index (κ2) is 10.4. The van der Waals surface area contributed by atoms with Gasteiger partial charge in [0.05, 0.1) is 11.0 Å². The van der Waals surface area contributed by atoms with Crippen molar-refractivity contribution in [2.75, 3.05) is 19.6 Å². The number of likely N-dealkylation sites (N-methyl/N-ethyl adjacent to an activating group) is 1. The van der Waals surface area contributed by atoms with E-state index in [1.807, 2.05) is 31.2 Å². The van der Waals surface area contributed by atoms with Crippen LogP contribution in [-0.4, -0.2) is 46.0 Å². The largest absolute Gasteiger partial charge is 0.350 e. The molecule has 31 heavy (non-hydrogen) atoms. The van der Waals surface area contributed by atoms with Gasteiger partial charge in [0, 0.05) is 24.7 Å². The van der Waals surface area contributed by atoms with Crippen molar-refractivity contribution in [1.82, 2.24) is 19.8 Å². The van der Waals surface area contributed by atoms with Crippen LogP contribution >= 0.6 is 0 Å². The predicted molar refractivity (Wildman–Crippen MR) is 126 cm³/mol. The first-order chi connectivity index (χ1) is 15.0. The van der Waals surface area contributed by atoms with Crippen molar-refractivity contribution in [2.24, 2.45) is 0 Å². The second-order valence-electron chi connectivity index (χ2n) is 7.72. The van der Waals surface area contributed by atoms with E-state index in [2.05, 4.69) is 41.2 Å². The van der Waals surface area contributed by atoms with Crippen LogP contribution in [-0.2, 0) is 13.0 Å². The van der Waals surface area contributed by atoms with E-state index in [0.717, 1.165) is 25.0 Å². The molecule has 0 aliphatic heterocycles. The highest BCUT2D eigenvalue weighted by Crippen LogP contribution is 2.14. The van der Waals surface area contributed by atoms with Crippen molar-refractivity contribution in [3.8, 4) is 0 Å². The minimum atomic E-state index is -0.124. The number of aromatic nitrogens is 2. The third-order valence-corrected chi connectivity index (χ3v) is 5.83. The van der Waals surface area contributed by atoms with Gasteiger partial charge in [-0.1, -0.05) is 44.2 Å². The van der Waals surface area contributed by atoms with E-state index in [-0.39, 0.29) is 17.5 Å². The monoisotopic (exact) mass is 420 g/mol. The Kier molecular flexibility index (Phi) is 7.58. The quantitative estimate of drug-likeness (QED) is 0.576. The van der Waals surface area contributed by atoms with Gasteiger partial charge in [-0.3, -0.25) is 14.5 Å².